The van der Waals surface area contributed by atoms with Gasteiger partial charge in [0.1, 0.15) is 0 Å². The van der Waals surface area contributed by atoms with Crippen molar-refractivity contribution in [1.82, 2.24) is 9.21 Å². The van der Waals surface area contributed by atoms with Crippen LogP contribution in [0.3, 0.4) is 0 Å². The van der Waals surface area contributed by atoms with E-state index in [1.54, 1.807) is 41.3 Å². The van der Waals surface area contributed by atoms with Crippen LogP contribution in [-0.4, -0.2) is 49.7 Å². The molecule has 0 N–H and O–H groups in total. The number of amides is 1. The average Bonchev–Trinajstić information content (AvgIpc) is 2.67. The standard InChI is InChI=1S/C20H21BrN2O3S/c1-16-5-7-17(8-6-16)9-10-20(24)22-11-13-23(14-12-22)27(25,26)19-4-2-3-18(21)15-19/h2-10,15H,11-14H2,1H3/b10-9+. The Bertz CT molecular complexity index is 947. The van der Waals surface area contributed by atoms with Gasteiger partial charge >= 0.3 is 0 Å². The molecule has 0 radical (unpaired) electrons. The molecule has 1 aliphatic rings. The Morgan fingerprint density at radius 1 is 1.04 bits per heavy atom. The van der Waals surface area contributed by atoms with Gasteiger partial charge in [-0.25, -0.2) is 8.42 Å². The number of hydrogen-bond donors (Lipinski definition) is 0. The van der Waals surface area contributed by atoms with E-state index in [2.05, 4.69) is 15.9 Å². The highest BCUT2D eigenvalue weighted by Gasteiger charge is 2.29. The summed E-state index contributed by atoms with van der Waals surface area (Å²) in [5.41, 5.74) is 2.13. The van der Waals surface area contributed by atoms with Gasteiger partial charge in [0.25, 0.3) is 0 Å². The van der Waals surface area contributed by atoms with Gasteiger partial charge < -0.3 is 4.90 Å². The van der Waals surface area contributed by atoms with Crippen LogP contribution in [0.15, 0.2) is 64.0 Å². The fraction of sp³-hybridized carbons (Fsp3) is 0.250. The lowest BCUT2D eigenvalue weighted by atomic mass is 10.1. The number of halogens is 1. The summed E-state index contributed by atoms with van der Waals surface area (Å²) in [5.74, 6) is -0.102. The Hall–Kier alpha value is -1.96. The van der Waals surface area contributed by atoms with Crippen molar-refractivity contribution < 1.29 is 13.2 Å². The van der Waals surface area contributed by atoms with Gasteiger partial charge in [-0.1, -0.05) is 51.8 Å². The van der Waals surface area contributed by atoms with E-state index in [1.165, 1.54) is 9.87 Å². The monoisotopic (exact) mass is 448 g/mol. The SMILES string of the molecule is Cc1ccc(/C=C/C(=O)N2CCN(S(=O)(=O)c3cccc(Br)c3)CC2)cc1. The van der Waals surface area contributed by atoms with E-state index in [-0.39, 0.29) is 10.8 Å². The minimum absolute atomic E-state index is 0.102. The smallest absolute Gasteiger partial charge is 0.246 e. The topological polar surface area (TPSA) is 57.7 Å². The Kier molecular flexibility index (Phi) is 6.14. The first kappa shape index (κ1) is 19.8. The molecule has 1 aliphatic heterocycles. The van der Waals surface area contributed by atoms with Crippen molar-refractivity contribution in [3.8, 4) is 0 Å². The normalized spacial score (nSPS) is 16.0. The Balaban J connectivity index is 1.61. The fourth-order valence-corrected chi connectivity index (χ4v) is 4.90. The van der Waals surface area contributed by atoms with Gasteiger partial charge in [-0.05, 0) is 36.8 Å². The van der Waals surface area contributed by atoms with E-state index < -0.39 is 10.0 Å². The summed E-state index contributed by atoms with van der Waals surface area (Å²) in [7, 11) is -3.55. The minimum atomic E-state index is -3.55. The first-order valence-corrected chi connectivity index (χ1v) is 10.9. The van der Waals surface area contributed by atoms with Crippen LogP contribution in [0.2, 0.25) is 0 Å². The van der Waals surface area contributed by atoms with E-state index in [9.17, 15) is 13.2 Å². The van der Waals surface area contributed by atoms with E-state index in [0.717, 1.165) is 10.0 Å². The van der Waals surface area contributed by atoms with Crippen LogP contribution in [0.4, 0.5) is 0 Å². The van der Waals surface area contributed by atoms with E-state index in [0.29, 0.717) is 26.2 Å². The van der Waals surface area contributed by atoms with E-state index in [1.807, 2.05) is 31.2 Å². The minimum Gasteiger partial charge on any atom is -0.337 e. The zero-order chi connectivity index (χ0) is 19.4. The van der Waals surface area contributed by atoms with Crippen LogP contribution in [-0.2, 0) is 14.8 Å². The zero-order valence-corrected chi connectivity index (χ0v) is 17.4. The first-order valence-electron chi connectivity index (χ1n) is 8.66. The summed E-state index contributed by atoms with van der Waals surface area (Å²) in [6.45, 7) is 3.35. The van der Waals surface area contributed by atoms with Crippen molar-refractivity contribution >= 4 is 37.9 Å². The maximum Gasteiger partial charge on any atom is 0.246 e. The molecular formula is C20H21BrN2O3S. The molecule has 0 aromatic heterocycles. The van der Waals surface area contributed by atoms with Crippen LogP contribution >= 0.6 is 15.9 Å². The van der Waals surface area contributed by atoms with E-state index >= 15 is 0 Å². The van der Waals surface area contributed by atoms with Crippen LogP contribution in [0, 0.1) is 6.92 Å². The highest BCUT2D eigenvalue weighted by atomic mass is 79.9. The molecule has 7 heteroatoms. The number of sulfonamides is 1. The second-order valence-electron chi connectivity index (χ2n) is 6.43. The van der Waals surface area contributed by atoms with E-state index in [4.69, 9.17) is 0 Å². The summed E-state index contributed by atoms with van der Waals surface area (Å²) < 4.78 is 27.6. The van der Waals surface area contributed by atoms with Gasteiger partial charge in [0.15, 0.2) is 0 Å². The van der Waals surface area contributed by atoms with Gasteiger partial charge in [-0.2, -0.15) is 4.31 Å². The maximum absolute atomic E-state index is 12.7. The van der Waals surface area contributed by atoms with Crippen LogP contribution in [0.1, 0.15) is 11.1 Å². The molecule has 0 bridgehead atoms. The molecule has 0 saturated carbocycles. The molecule has 2 aromatic rings. The molecule has 1 saturated heterocycles. The van der Waals surface area contributed by atoms with Gasteiger partial charge in [0.2, 0.25) is 15.9 Å². The van der Waals surface area contributed by atoms with Crippen molar-refractivity contribution in [3.63, 3.8) is 0 Å². The van der Waals surface area contributed by atoms with Crippen LogP contribution < -0.4 is 0 Å². The molecule has 1 amide bonds. The van der Waals surface area contributed by atoms with Crippen LogP contribution in [0.5, 0.6) is 0 Å². The summed E-state index contributed by atoms with van der Waals surface area (Å²) in [6.07, 6.45) is 3.33. The molecule has 0 unspecified atom stereocenters. The predicted octanol–water partition coefficient (Wildman–Crippen LogP) is 3.30. The molecular weight excluding hydrogens is 428 g/mol. The molecule has 142 valence electrons. The zero-order valence-electron chi connectivity index (χ0n) is 15.0. The molecule has 5 nitrogen and oxygen atoms in total. The van der Waals surface area contributed by atoms with Crippen molar-refractivity contribution in [1.29, 1.82) is 0 Å². The van der Waals surface area contributed by atoms with Gasteiger partial charge in [0.05, 0.1) is 4.90 Å². The predicted molar refractivity (Wildman–Crippen MR) is 110 cm³/mol. The number of carbonyl (C=O) groups excluding carboxylic acids is 1. The fourth-order valence-electron chi connectivity index (χ4n) is 2.88. The highest BCUT2D eigenvalue weighted by molar-refractivity contribution is 9.10. The highest BCUT2D eigenvalue weighted by Crippen LogP contribution is 2.21. The lowest BCUT2D eigenvalue weighted by molar-refractivity contribution is -0.127. The van der Waals surface area contributed by atoms with Gasteiger partial charge in [-0.15, -0.1) is 0 Å². The number of carbonyl (C=O) groups is 1. The lowest BCUT2D eigenvalue weighted by Gasteiger charge is -2.33. The second kappa shape index (κ2) is 8.37. The summed E-state index contributed by atoms with van der Waals surface area (Å²) >= 11 is 3.30. The maximum atomic E-state index is 12.7. The van der Waals surface area contributed by atoms with Crippen LogP contribution in [0.25, 0.3) is 6.08 Å². The third-order valence-corrected chi connectivity index (χ3v) is 6.87. The number of nitrogens with zero attached hydrogens (tertiary/aromatic N) is 2. The number of benzene rings is 2. The first-order chi connectivity index (χ1) is 12.9. The van der Waals surface area contributed by atoms with Crippen molar-refractivity contribution in [3.05, 3.63) is 70.2 Å². The molecule has 3 rings (SSSR count). The lowest BCUT2D eigenvalue weighted by Crippen LogP contribution is -2.50. The third-order valence-electron chi connectivity index (χ3n) is 4.48. The molecule has 1 fully saturated rings. The number of rotatable bonds is 4. The summed E-state index contributed by atoms with van der Waals surface area (Å²) in [6, 6.07) is 14.6. The number of hydrogen-bond acceptors (Lipinski definition) is 3. The van der Waals surface area contributed by atoms with Gasteiger partial charge in [-0.3, -0.25) is 4.79 Å². The van der Waals surface area contributed by atoms with Gasteiger partial charge in [0, 0.05) is 36.7 Å². The Labute approximate surface area is 168 Å². The third kappa shape index (κ3) is 4.86. The number of aryl methyl sites for hydroxylation is 1. The van der Waals surface area contributed by atoms with Crippen molar-refractivity contribution in [2.45, 2.75) is 11.8 Å². The average molecular weight is 449 g/mol. The Morgan fingerprint density at radius 3 is 2.33 bits per heavy atom. The second-order valence-corrected chi connectivity index (χ2v) is 9.28. The summed E-state index contributed by atoms with van der Waals surface area (Å²) in [4.78, 5) is 14.3. The molecule has 0 aliphatic carbocycles. The van der Waals surface area contributed by atoms with Crippen molar-refractivity contribution in [2.75, 3.05) is 26.2 Å². The molecule has 1 heterocycles. The largest absolute Gasteiger partial charge is 0.337 e. The molecule has 2 aromatic carbocycles. The summed E-state index contributed by atoms with van der Waals surface area (Å²) in [5, 5.41) is 0. The quantitative estimate of drug-likeness (QED) is 0.674. The molecule has 0 spiro atoms. The Morgan fingerprint density at radius 2 is 1.70 bits per heavy atom. The van der Waals surface area contributed by atoms with Crippen molar-refractivity contribution in [2.24, 2.45) is 0 Å². The number of piperazine rings is 1. The molecule has 0 atom stereocenters. The molecule has 27 heavy (non-hydrogen) atoms.